The number of nitrogens with one attached hydrogen (secondary N) is 1. The Bertz CT molecular complexity index is 440. The SMILES string of the molecule is O=C(O)C1(CO)C[C@@]2(CO)C[C@@](CO)(C1)C(=O)NC2=O. The first-order chi connectivity index (χ1) is 9.30. The van der Waals surface area contributed by atoms with Crippen molar-refractivity contribution in [1.29, 1.82) is 0 Å². The number of carbonyl (C=O) groups is 3. The van der Waals surface area contributed by atoms with Crippen LogP contribution in [0.5, 0.6) is 0 Å². The maximum atomic E-state index is 12.0. The summed E-state index contributed by atoms with van der Waals surface area (Å²) in [4.78, 5) is 35.5. The number of hydrogen-bond acceptors (Lipinski definition) is 6. The van der Waals surface area contributed by atoms with Crippen molar-refractivity contribution in [2.45, 2.75) is 19.3 Å². The van der Waals surface area contributed by atoms with Crippen LogP contribution < -0.4 is 5.32 Å². The second-order valence-corrected chi connectivity index (χ2v) is 5.93. The fourth-order valence-corrected chi connectivity index (χ4v) is 3.52. The summed E-state index contributed by atoms with van der Waals surface area (Å²) >= 11 is 0. The third-order valence-electron chi connectivity index (χ3n) is 4.58. The summed E-state index contributed by atoms with van der Waals surface area (Å²) < 4.78 is 0. The van der Waals surface area contributed by atoms with Gasteiger partial charge in [0.1, 0.15) is 0 Å². The summed E-state index contributed by atoms with van der Waals surface area (Å²) in [5, 5.41) is 40.0. The van der Waals surface area contributed by atoms with Gasteiger partial charge in [-0.05, 0) is 19.3 Å². The molecule has 0 aromatic carbocycles. The smallest absolute Gasteiger partial charge is 0.312 e. The van der Waals surface area contributed by atoms with E-state index in [4.69, 9.17) is 0 Å². The van der Waals surface area contributed by atoms with E-state index in [1.54, 1.807) is 0 Å². The molecule has 0 radical (unpaired) electrons. The van der Waals surface area contributed by atoms with Gasteiger partial charge in [-0.15, -0.1) is 0 Å². The quantitative estimate of drug-likeness (QED) is 0.371. The van der Waals surface area contributed by atoms with Crippen molar-refractivity contribution in [3.05, 3.63) is 0 Å². The highest BCUT2D eigenvalue weighted by Gasteiger charge is 2.65. The van der Waals surface area contributed by atoms with Crippen molar-refractivity contribution in [1.82, 2.24) is 5.32 Å². The van der Waals surface area contributed by atoms with Crippen LogP contribution in [0, 0.1) is 16.2 Å². The summed E-state index contributed by atoms with van der Waals surface area (Å²) in [5.41, 5.74) is -4.68. The van der Waals surface area contributed by atoms with Gasteiger partial charge < -0.3 is 20.4 Å². The second-order valence-electron chi connectivity index (χ2n) is 5.93. The molecular formula is C12H17NO7. The highest BCUT2D eigenvalue weighted by molar-refractivity contribution is 6.04. The Kier molecular flexibility index (Phi) is 3.35. The fourth-order valence-electron chi connectivity index (χ4n) is 3.52. The Morgan fingerprint density at radius 2 is 1.40 bits per heavy atom. The molecule has 0 aromatic heterocycles. The molecule has 2 fully saturated rings. The van der Waals surface area contributed by atoms with Gasteiger partial charge in [0, 0.05) is 0 Å². The first-order valence-electron chi connectivity index (χ1n) is 6.22. The molecule has 1 saturated heterocycles. The number of rotatable bonds is 4. The van der Waals surface area contributed by atoms with Crippen molar-refractivity contribution in [2.75, 3.05) is 19.8 Å². The summed E-state index contributed by atoms with van der Waals surface area (Å²) in [5.74, 6) is -2.86. The number of carboxylic acids is 1. The monoisotopic (exact) mass is 287 g/mol. The van der Waals surface area contributed by atoms with Crippen molar-refractivity contribution < 1.29 is 34.8 Å². The number of aliphatic hydroxyl groups is 3. The minimum atomic E-state index is -1.73. The lowest BCUT2D eigenvalue weighted by Crippen LogP contribution is -2.67. The van der Waals surface area contributed by atoms with Gasteiger partial charge >= 0.3 is 5.97 Å². The Morgan fingerprint density at radius 1 is 0.950 bits per heavy atom. The van der Waals surface area contributed by atoms with E-state index < -0.39 is 53.8 Å². The van der Waals surface area contributed by atoms with E-state index in [-0.39, 0.29) is 19.3 Å². The van der Waals surface area contributed by atoms with Gasteiger partial charge in [-0.25, -0.2) is 0 Å². The van der Waals surface area contributed by atoms with Crippen LogP contribution in [0.25, 0.3) is 0 Å². The molecule has 1 unspecified atom stereocenters. The number of hydrogen-bond donors (Lipinski definition) is 5. The first kappa shape index (κ1) is 14.9. The van der Waals surface area contributed by atoms with Crippen LogP contribution in [0.1, 0.15) is 19.3 Å². The molecule has 0 aromatic rings. The van der Waals surface area contributed by atoms with Gasteiger partial charge in [0.15, 0.2) is 0 Å². The molecule has 2 aliphatic rings. The number of piperidine rings is 1. The molecule has 1 aliphatic heterocycles. The zero-order valence-electron chi connectivity index (χ0n) is 10.8. The normalized spacial score (nSPS) is 40.4. The second kappa shape index (κ2) is 4.51. The van der Waals surface area contributed by atoms with E-state index in [1.807, 2.05) is 0 Å². The molecule has 8 nitrogen and oxygen atoms in total. The van der Waals surface area contributed by atoms with Crippen LogP contribution in [0.15, 0.2) is 0 Å². The molecule has 20 heavy (non-hydrogen) atoms. The van der Waals surface area contributed by atoms with E-state index in [9.17, 15) is 34.8 Å². The zero-order chi connectivity index (χ0) is 15.2. The van der Waals surface area contributed by atoms with Gasteiger partial charge in [0.2, 0.25) is 11.8 Å². The summed E-state index contributed by atoms with van der Waals surface area (Å²) in [7, 11) is 0. The molecule has 2 rings (SSSR count). The molecular weight excluding hydrogens is 270 g/mol. The van der Waals surface area contributed by atoms with Crippen LogP contribution in [0.4, 0.5) is 0 Å². The van der Waals surface area contributed by atoms with Crippen molar-refractivity contribution in [3.63, 3.8) is 0 Å². The number of carboxylic acid groups (broad SMARTS) is 1. The maximum Gasteiger partial charge on any atom is 0.312 e. The topological polar surface area (TPSA) is 144 Å². The van der Waals surface area contributed by atoms with Crippen LogP contribution in [-0.2, 0) is 14.4 Å². The minimum Gasteiger partial charge on any atom is -0.481 e. The first-order valence-corrected chi connectivity index (χ1v) is 6.22. The van der Waals surface area contributed by atoms with E-state index in [1.165, 1.54) is 0 Å². The Hall–Kier alpha value is -1.51. The molecule has 1 heterocycles. The molecule has 5 N–H and O–H groups in total. The van der Waals surface area contributed by atoms with E-state index in [0.717, 1.165) is 0 Å². The highest BCUT2D eigenvalue weighted by atomic mass is 16.4. The molecule has 1 aliphatic carbocycles. The predicted octanol–water partition coefficient (Wildman–Crippen LogP) is -2.15. The molecule has 2 bridgehead atoms. The predicted molar refractivity (Wildman–Crippen MR) is 63.2 cm³/mol. The standard InChI is InChI=1S/C12H17NO7/c14-4-10-1-11(5-15,8(18)13-7(10)17)3-12(2-10,6-16)9(19)20/h14-16H,1-6H2,(H,19,20)(H,13,17,18)/t10-,11+,12?. The largest absolute Gasteiger partial charge is 0.481 e. The van der Waals surface area contributed by atoms with Gasteiger partial charge in [0.05, 0.1) is 36.1 Å². The van der Waals surface area contributed by atoms with Crippen molar-refractivity contribution in [2.24, 2.45) is 16.2 Å². The Balaban J connectivity index is 2.58. The number of amides is 2. The molecule has 8 heteroatoms. The maximum absolute atomic E-state index is 12.0. The number of imide groups is 1. The van der Waals surface area contributed by atoms with E-state index in [0.29, 0.717) is 0 Å². The lowest BCUT2D eigenvalue weighted by molar-refractivity contribution is -0.184. The lowest BCUT2D eigenvalue weighted by atomic mass is 9.51. The van der Waals surface area contributed by atoms with Crippen LogP contribution in [-0.4, -0.2) is 58.0 Å². The van der Waals surface area contributed by atoms with Crippen molar-refractivity contribution in [3.8, 4) is 0 Å². The van der Waals surface area contributed by atoms with Gasteiger partial charge in [-0.3, -0.25) is 19.7 Å². The summed E-state index contributed by atoms with van der Waals surface area (Å²) in [6.45, 7) is -2.07. The third kappa shape index (κ3) is 1.75. The van der Waals surface area contributed by atoms with Crippen molar-refractivity contribution >= 4 is 17.8 Å². The molecule has 0 spiro atoms. The average Bonchev–Trinajstić information content (AvgIpc) is 2.44. The number of aliphatic carboxylic acids is 1. The summed E-state index contributed by atoms with van der Waals surface area (Å²) in [6.07, 6.45) is -0.668. The molecule has 1 saturated carbocycles. The number of fused-ring (bicyclic) bond motifs is 2. The summed E-state index contributed by atoms with van der Waals surface area (Å²) in [6, 6.07) is 0. The van der Waals surface area contributed by atoms with E-state index in [2.05, 4.69) is 5.32 Å². The Morgan fingerprint density at radius 3 is 1.70 bits per heavy atom. The van der Waals surface area contributed by atoms with Crippen LogP contribution in [0.2, 0.25) is 0 Å². The molecule has 2 amide bonds. The Labute approximate surface area is 114 Å². The fraction of sp³-hybridized carbons (Fsp3) is 0.750. The lowest BCUT2D eigenvalue weighted by Gasteiger charge is -2.54. The molecule has 3 atom stereocenters. The van der Waals surface area contributed by atoms with Crippen LogP contribution in [0.3, 0.4) is 0 Å². The number of carbonyl (C=O) groups excluding carboxylic acids is 2. The van der Waals surface area contributed by atoms with Gasteiger partial charge in [-0.2, -0.15) is 0 Å². The van der Waals surface area contributed by atoms with Gasteiger partial charge in [-0.1, -0.05) is 0 Å². The molecule has 112 valence electrons. The van der Waals surface area contributed by atoms with Crippen LogP contribution >= 0.6 is 0 Å². The van der Waals surface area contributed by atoms with Gasteiger partial charge in [0.25, 0.3) is 0 Å². The average molecular weight is 287 g/mol. The third-order valence-corrected chi connectivity index (χ3v) is 4.58. The zero-order valence-corrected chi connectivity index (χ0v) is 10.8. The van der Waals surface area contributed by atoms with E-state index >= 15 is 0 Å². The number of aliphatic hydroxyl groups excluding tert-OH is 3. The highest BCUT2D eigenvalue weighted by Crippen LogP contribution is 2.56. The minimum absolute atomic E-state index is 0.118.